The van der Waals surface area contributed by atoms with Gasteiger partial charge in [-0.05, 0) is 49.1 Å². The monoisotopic (exact) mass is 303 g/mol. The molecule has 1 aromatic carbocycles. The molecule has 2 atom stereocenters. The third-order valence-electron chi connectivity index (χ3n) is 3.39. The number of amides is 1. The topological polar surface area (TPSA) is 29.1 Å². The van der Waals surface area contributed by atoms with Gasteiger partial charge in [-0.3, -0.25) is 4.79 Å². The number of rotatable bonds is 3. The van der Waals surface area contributed by atoms with Crippen LogP contribution in [0.1, 0.15) is 36.5 Å². The predicted molar refractivity (Wildman–Crippen MR) is 72.6 cm³/mol. The van der Waals surface area contributed by atoms with Gasteiger partial charge in [-0.15, -0.1) is 0 Å². The Balaban J connectivity index is 2.09. The zero-order valence-corrected chi connectivity index (χ0v) is 11.9. The summed E-state index contributed by atoms with van der Waals surface area (Å²) in [4.78, 5) is 12.1. The van der Waals surface area contributed by atoms with E-state index < -0.39 is 11.4 Å². The number of benzene rings is 1. The van der Waals surface area contributed by atoms with Gasteiger partial charge >= 0.3 is 5.51 Å². The molecule has 0 aliphatic heterocycles. The maximum absolute atomic E-state index is 12.5. The van der Waals surface area contributed by atoms with E-state index in [1.807, 2.05) is 0 Å². The number of alkyl halides is 3. The lowest BCUT2D eigenvalue weighted by molar-refractivity contribution is -0.0328. The maximum atomic E-state index is 12.5. The summed E-state index contributed by atoms with van der Waals surface area (Å²) in [5.41, 5.74) is -4.30. The first-order chi connectivity index (χ1) is 9.35. The average molecular weight is 303 g/mol. The number of hydrogen-bond acceptors (Lipinski definition) is 2. The Morgan fingerprint density at radius 1 is 1.30 bits per heavy atom. The van der Waals surface area contributed by atoms with E-state index >= 15 is 0 Å². The molecule has 0 saturated heterocycles. The zero-order chi connectivity index (χ0) is 14.8. The smallest absolute Gasteiger partial charge is 0.349 e. The van der Waals surface area contributed by atoms with Gasteiger partial charge in [0.2, 0.25) is 0 Å². The molecule has 0 radical (unpaired) electrons. The number of nitrogens with one attached hydrogen (secondary N) is 1. The minimum absolute atomic E-state index is 0.0523. The molecule has 0 aromatic heterocycles. The van der Waals surface area contributed by atoms with Crippen molar-refractivity contribution < 1.29 is 18.0 Å². The van der Waals surface area contributed by atoms with Crippen LogP contribution in [0.25, 0.3) is 0 Å². The average Bonchev–Trinajstić information content (AvgIpc) is 2.73. The van der Waals surface area contributed by atoms with E-state index in [0.29, 0.717) is 5.92 Å². The van der Waals surface area contributed by atoms with Crippen LogP contribution in [0, 0.1) is 5.92 Å². The Kier molecular flexibility index (Phi) is 4.62. The van der Waals surface area contributed by atoms with E-state index in [1.165, 1.54) is 18.2 Å². The Morgan fingerprint density at radius 3 is 2.60 bits per heavy atom. The third kappa shape index (κ3) is 4.16. The van der Waals surface area contributed by atoms with E-state index in [-0.39, 0.29) is 28.3 Å². The molecule has 1 aromatic rings. The molecule has 1 fully saturated rings. The highest BCUT2D eigenvalue weighted by Gasteiger charge is 2.31. The van der Waals surface area contributed by atoms with Crippen molar-refractivity contribution in [1.82, 2.24) is 5.32 Å². The van der Waals surface area contributed by atoms with Crippen molar-refractivity contribution in [3.63, 3.8) is 0 Å². The Labute approximate surface area is 120 Å². The molecule has 6 heteroatoms. The van der Waals surface area contributed by atoms with Crippen LogP contribution in [0.15, 0.2) is 29.2 Å². The first kappa shape index (κ1) is 15.2. The second-order valence-electron chi connectivity index (χ2n) is 5.13. The molecule has 0 bridgehead atoms. The van der Waals surface area contributed by atoms with Crippen LogP contribution in [-0.2, 0) is 0 Å². The standard InChI is InChI=1S/C14H16F3NOS/c1-9-6-7-10(8-9)18-13(19)11-4-2-3-5-12(11)20-14(15,16)17/h2-5,9-10H,6-8H2,1H3,(H,18,19). The van der Waals surface area contributed by atoms with Crippen molar-refractivity contribution in [3.05, 3.63) is 29.8 Å². The number of carbonyl (C=O) groups is 1. The molecule has 0 heterocycles. The van der Waals surface area contributed by atoms with E-state index in [1.54, 1.807) is 6.07 Å². The quantitative estimate of drug-likeness (QED) is 0.847. The molecule has 2 rings (SSSR count). The van der Waals surface area contributed by atoms with Gasteiger partial charge in [0.25, 0.3) is 5.91 Å². The van der Waals surface area contributed by atoms with Crippen LogP contribution >= 0.6 is 11.8 Å². The van der Waals surface area contributed by atoms with Crippen LogP contribution < -0.4 is 5.32 Å². The number of thioether (sulfide) groups is 1. The molecule has 1 aliphatic carbocycles. The Hall–Kier alpha value is -1.17. The second-order valence-corrected chi connectivity index (χ2v) is 6.24. The van der Waals surface area contributed by atoms with Crippen LogP contribution in [-0.4, -0.2) is 17.5 Å². The lowest BCUT2D eigenvalue weighted by Crippen LogP contribution is -2.33. The summed E-state index contributed by atoms with van der Waals surface area (Å²) in [5.74, 6) is 0.136. The van der Waals surface area contributed by atoms with E-state index in [9.17, 15) is 18.0 Å². The molecule has 0 spiro atoms. The van der Waals surface area contributed by atoms with Gasteiger partial charge in [-0.25, -0.2) is 0 Å². The molecule has 2 unspecified atom stereocenters. The summed E-state index contributed by atoms with van der Waals surface area (Å²) in [5, 5.41) is 2.83. The largest absolute Gasteiger partial charge is 0.446 e. The molecule has 2 nitrogen and oxygen atoms in total. The van der Waals surface area contributed by atoms with Crippen molar-refractivity contribution in [2.45, 2.75) is 42.6 Å². The summed E-state index contributed by atoms with van der Waals surface area (Å²) < 4.78 is 37.4. The highest BCUT2D eigenvalue weighted by atomic mass is 32.2. The summed E-state index contributed by atoms with van der Waals surface area (Å²) in [6.45, 7) is 2.11. The van der Waals surface area contributed by atoms with Crippen LogP contribution in [0.4, 0.5) is 13.2 Å². The van der Waals surface area contributed by atoms with E-state index in [0.717, 1.165) is 19.3 Å². The first-order valence-electron chi connectivity index (χ1n) is 6.51. The van der Waals surface area contributed by atoms with Gasteiger partial charge in [-0.2, -0.15) is 13.2 Å². The maximum Gasteiger partial charge on any atom is 0.446 e. The molecular formula is C14H16F3NOS. The SMILES string of the molecule is CC1CCC(NC(=O)c2ccccc2SC(F)(F)F)C1. The highest BCUT2D eigenvalue weighted by Crippen LogP contribution is 2.38. The van der Waals surface area contributed by atoms with Crippen molar-refractivity contribution in [3.8, 4) is 0 Å². The predicted octanol–water partition coefficient (Wildman–Crippen LogP) is 4.22. The molecule has 1 amide bonds. The van der Waals surface area contributed by atoms with Gasteiger partial charge in [-0.1, -0.05) is 19.1 Å². The van der Waals surface area contributed by atoms with Gasteiger partial charge in [0.15, 0.2) is 0 Å². The molecule has 1 saturated carbocycles. The summed E-state index contributed by atoms with van der Waals surface area (Å²) in [6, 6.07) is 5.91. The number of hydrogen-bond donors (Lipinski definition) is 1. The Morgan fingerprint density at radius 2 is 2.00 bits per heavy atom. The van der Waals surface area contributed by atoms with Crippen LogP contribution in [0.2, 0.25) is 0 Å². The Bertz CT molecular complexity index is 490. The van der Waals surface area contributed by atoms with Gasteiger partial charge in [0, 0.05) is 10.9 Å². The zero-order valence-electron chi connectivity index (χ0n) is 11.0. The second kappa shape index (κ2) is 6.08. The number of carbonyl (C=O) groups excluding carboxylic acids is 1. The van der Waals surface area contributed by atoms with Crippen LogP contribution in [0.5, 0.6) is 0 Å². The lowest BCUT2D eigenvalue weighted by Gasteiger charge is -2.15. The van der Waals surface area contributed by atoms with Crippen molar-refractivity contribution >= 4 is 17.7 Å². The van der Waals surface area contributed by atoms with Gasteiger partial charge in [0.1, 0.15) is 0 Å². The van der Waals surface area contributed by atoms with Crippen molar-refractivity contribution in [1.29, 1.82) is 0 Å². The van der Waals surface area contributed by atoms with Crippen LogP contribution in [0.3, 0.4) is 0 Å². The van der Waals surface area contributed by atoms with Crippen molar-refractivity contribution in [2.24, 2.45) is 5.92 Å². The third-order valence-corrected chi connectivity index (χ3v) is 4.19. The van der Waals surface area contributed by atoms with Gasteiger partial charge in [0.05, 0.1) is 5.56 Å². The fraction of sp³-hybridized carbons (Fsp3) is 0.500. The van der Waals surface area contributed by atoms with E-state index in [4.69, 9.17) is 0 Å². The molecular weight excluding hydrogens is 287 g/mol. The molecule has 1 N–H and O–H groups in total. The minimum Gasteiger partial charge on any atom is -0.349 e. The summed E-state index contributed by atoms with van der Waals surface area (Å²) in [7, 11) is 0. The van der Waals surface area contributed by atoms with Crippen molar-refractivity contribution in [2.75, 3.05) is 0 Å². The molecule has 20 heavy (non-hydrogen) atoms. The highest BCUT2D eigenvalue weighted by molar-refractivity contribution is 8.00. The fourth-order valence-corrected chi connectivity index (χ4v) is 3.14. The van der Waals surface area contributed by atoms with Gasteiger partial charge < -0.3 is 5.32 Å². The normalized spacial score (nSPS) is 22.8. The molecule has 110 valence electrons. The summed E-state index contributed by atoms with van der Waals surface area (Å²) >= 11 is -0.247. The fourth-order valence-electron chi connectivity index (χ4n) is 2.47. The minimum atomic E-state index is -4.39. The number of halogens is 3. The van der Waals surface area contributed by atoms with E-state index in [2.05, 4.69) is 12.2 Å². The first-order valence-corrected chi connectivity index (χ1v) is 7.32. The summed E-state index contributed by atoms with van der Waals surface area (Å²) in [6.07, 6.45) is 2.83. The lowest BCUT2D eigenvalue weighted by atomic mass is 10.1. The molecule has 1 aliphatic rings.